The maximum Gasteiger partial charge on any atom is 0.416 e. The molecule has 0 bridgehead atoms. The number of alkyl halides is 3. The third-order valence-corrected chi connectivity index (χ3v) is 5.15. The van der Waals surface area contributed by atoms with E-state index in [0.29, 0.717) is 5.56 Å². The van der Waals surface area contributed by atoms with Gasteiger partial charge >= 0.3 is 6.18 Å². The molecule has 0 saturated heterocycles. The molecule has 0 aliphatic heterocycles. The van der Waals surface area contributed by atoms with Crippen LogP contribution in [0.1, 0.15) is 24.1 Å². The van der Waals surface area contributed by atoms with Gasteiger partial charge in [-0.1, -0.05) is 36.4 Å². The van der Waals surface area contributed by atoms with Crippen molar-refractivity contribution in [1.82, 2.24) is 9.97 Å². The topological polar surface area (TPSA) is 29.0 Å². The molecule has 3 nitrogen and oxygen atoms in total. The van der Waals surface area contributed by atoms with Gasteiger partial charge < -0.3 is 4.90 Å². The van der Waals surface area contributed by atoms with Crippen LogP contribution in [0.25, 0.3) is 11.1 Å². The fourth-order valence-electron chi connectivity index (χ4n) is 3.69. The highest BCUT2D eigenvalue weighted by molar-refractivity contribution is 5.72. The first-order valence-electron chi connectivity index (χ1n) is 9.81. The summed E-state index contributed by atoms with van der Waals surface area (Å²) in [6.45, 7) is 1.89. The molecular formula is C25H20F3N3. The van der Waals surface area contributed by atoms with Crippen LogP contribution in [0.4, 0.5) is 24.5 Å². The zero-order chi connectivity index (χ0) is 21.8. The third-order valence-electron chi connectivity index (χ3n) is 5.15. The minimum Gasteiger partial charge on any atom is -0.332 e. The zero-order valence-corrected chi connectivity index (χ0v) is 16.8. The molecule has 0 aliphatic rings. The van der Waals surface area contributed by atoms with Crippen molar-refractivity contribution < 1.29 is 13.2 Å². The van der Waals surface area contributed by atoms with Crippen LogP contribution in [-0.2, 0) is 6.18 Å². The average Bonchev–Trinajstić information content (AvgIpc) is 2.80. The van der Waals surface area contributed by atoms with Gasteiger partial charge in [0.2, 0.25) is 0 Å². The van der Waals surface area contributed by atoms with Crippen molar-refractivity contribution in [3.63, 3.8) is 0 Å². The normalized spacial score (nSPS) is 12.4. The van der Waals surface area contributed by atoms with Crippen molar-refractivity contribution >= 4 is 11.4 Å². The summed E-state index contributed by atoms with van der Waals surface area (Å²) in [7, 11) is 0. The van der Waals surface area contributed by atoms with Crippen LogP contribution in [0.15, 0.2) is 97.6 Å². The van der Waals surface area contributed by atoms with E-state index in [1.807, 2.05) is 54.3 Å². The zero-order valence-electron chi connectivity index (χ0n) is 16.8. The molecule has 0 spiro atoms. The summed E-state index contributed by atoms with van der Waals surface area (Å²) in [4.78, 5) is 10.4. The van der Waals surface area contributed by atoms with Crippen molar-refractivity contribution in [2.45, 2.75) is 19.1 Å². The molecule has 4 aromatic rings. The SMILES string of the molecule is CC(c1cc(C(F)(F)F)ccc1-c1ccccc1)N(c1cccnc1)c1cccnc1. The maximum atomic E-state index is 13.6. The van der Waals surface area contributed by atoms with Gasteiger partial charge in [0.1, 0.15) is 0 Å². The molecule has 0 fully saturated rings. The Morgan fingerprint density at radius 2 is 1.39 bits per heavy atom. The van der Waals surface area contributed by atoms with Crippen LogP contribution < -0.4 is 4.90 Å². The van der Waals surface area contributed by atoms with Crippen LogP contribution in [-0.4, -0.2) is 9.97 Å². The second-order valence-corrected chi connectivity index (χ2v) is 7.13. The van der Waals surface area contributed by atoms with E-state index < -0.39 is 17.8 Å². The molecule has 2 aromatic carbocycles. The minimum atomic E-state index is -4.43. The molecule has 0 N–H and O–H groups in total. The van der Waals surface area contributed by atoms with Crippen LogP contribution in [0, 0.1) is 0 Å². The Labute approximate surface area is 178 Å². The lowest BCUT2D eigenvalue weighted by molar-refractivity contribution is -0.137. The van der Waals surface area contributed by atoms with Crippen molar-refractivity contribution in [2.24, 2.45) is 0 Å². The highest BCUT2D eigenvalue weighted by Crippen LogP contribution is 2.41. The van der Waals surface area contributed by atoms with Crippen LogP contribution in [0.5, 0.6) is 0 Å². The van der Waals surface area contributed by atoms with Gasteiger partial charge in [0.05, 0.1) is 35.4 Å². The Morgan fingerprint density at radius 1 is 0.774 bits per heavy atom. The minimum absolute atomic E-state index is 0.425. The molecule has 0 radical (unpaired) electrons. The van der Waals surface area contributed by atoms with Gasteiger partial charge in [-0.2, -0.15) is 13.2 Å². The van der Waals surface area contributed by atoms with Crippen LogP contribution in [0.3, 0.4) is 0 Å². The molecule has 2 aromatic heterocycles. The van der Waals surface area contributed by atoms with Gasteiger partial charge in [0.25, 0.3) is 0 Å². The Hall–Kier alpha value is -3.67. The van der Waals surface area contributed by atoms with Crippen molar-refractivity contribution in [3.05, 3.63) is 109 Å². The van der Waals surface area contributed by atoms with E-state index in [2.05, 4.69) is 9.97 Å². The molecule has 31 heavy (non-hydrogen) atoms. The first kappa shape index (κ1) is 20.6. The van der Waals surface area contributed by atoms with E-state index in [-0.39, 0.29) is 0 Å². The molecule has 156 valence electrons. The predicted octanol–water partition coefficient (Wildman–Crippen LogP) is 7.06. The first-order valence-corrected chi connectivity index (χ1v) is 9.81. The van der Waals surface area contributed by atoms with Gasteiger partial charge in [-0.15, -0.1) is 0 Å². The van der Waals surface area contributed by atoms with Crippen molar-refractivity contribution in [3.8, 4) is 11.1 Å². The molecular weight excluding hydrogens is 399 g/mol. The van der Waals surface area contributed by atoms with Gasteiger partial charge in [-0.05, 0) is 60.0 Å². The molecule has 0 aliphatic carbocycles. The fourth-order valence-corrected chi connectivity index (χ4v) is 3.69. The molecule has 0 amide bonds. The number of aromatic nitrogens is 2. The number of hydrogen-bond donors (Lipinski definition) is 0. The Kier molecular flexibility index (Phi) is 5.71. The Morgan fingerprint density at radius 3 is 1.90 bits per heavy atom. The van der Waals surface area contributed by atoms with Gasteiger partial charge in [0, 0.05) is 12.4 Å². The fraction of sp³-hybridized carbons (Fsp3) is 0.120. The Bertz CT molecular complexity index is 1090. The number of halogens is 3. The number of hydrogen-bond acceptors (Lipinski definition) is 3. The average molecular weight is 419 g/mol. The summed E-state index contributed by atoms with van der Waals surface area (Å²) in [6.07, 6.45) is 2.28. The lowest BCUT2D eigenvalue weighted by Gasteiger charge is -2.33. The van der Waals surface area contributed by atoms with E-state index in [1.165, 1.54) is 6.07 Å². The van der Waals surface area contributed by atoms with Crippen molar-refractivity contribution in [1.29, 1.82) is 0 Å². The monoisotopic (exact) mass is 419 g/mol. The number of benzene rings is 2. The van der Waals surface area contributed by atoms with Crippen LogP contribution in [0.2, 0.25) is 0 Å². The smallest absolute Gasteiger partial charge is 0.332 e. The van der Waals surface area contributed by atoms with E-state index in [1.54, 1.807) is 43.0 Å². The van der Waals surface area contributed by atoms with Gasteiger partial charge in [0.15, 0.2) is 0 Å². The summed E-state index contributed by atoms with van der Waals surface area (Å²) in [6, 6.07) is 20.3. The van der Waals surface area contributed by atoms with E-state index in [4.69, 9.17) is 0 Å². The first-order chi connectivity index (χ1) is 14.9. The second-order valence-electron chi connectivity index (χ2n) is 7.13. The number of pyridine rings is 2. The predicted molar refractivity (Wildman–Crippen MR) is 116 cm³/mol. The molecule has 1 unspecified atom stereocenters. The largest absolute Gasteiger partial charge is 0.416 e. The van der Waals surface area contributed by atoms with Gasteiger partial charge in [-0.25, -0.2) is 0 Å². The standard InChI is InChI=1S/C25H20F3N3/c1-18(31(21-9-5-13-29-16-21)22-10-6-14-30-17-22)24-15-20(25(26,27)28)11-12-23(24)19-7-3-2-4-8-19/h2-18H,1H3. The number of rotatable bonds is 5. The van der Waals surface area contributed by atoms with E-state index in [9.17, 15) is 13.2 Å². The van der Waals surface area contributed by atoms with E-state index in [0.717, 1.165) is 28.6 Å². The number of anilines is 2. The Balaban J connectivity index is 1.91. The highest BCUT2D eigenvalue weighted by Gasteiger charge is 2.32. The molecule has 6 heteroatoms. The van der Waals surface area contributed by atoms with Gasteiger partial charge in [-0.3, -0.25) is 9.97 Å². The summed E-state index contributed by atoms with van der Waals surface area (Å²) in [5.41, 5.74) is 3.02. The number of nitrogens with zero attached hydrogens (tertiary/aromatic N) is 3. The summed E-state index contributed by atoms with van der Waals surface area (Å²) < 4.78 is 40.7. The molecule has 4 rings (SSSR count). The molecule has 2 heterocycles. The van der Waals surface area contributed by atoms with E-state index >= 15 is 0 Å². The quantitative estimate of drug-likeness (QED) is 0.347. The lowest BCUT2D eigenvalue weighted by Crippen LogP contribution is -2.23. The third kappa shape index (κ3) is 4.43. The molecule has 1 atom stereocenters. The van der Waals surface area contributed by atoms with Crippen molar-refractivity contribution in [2.75, 3.05) is 4.90 Å². The summed E-state index contributed by atoms with van der Waals surface area (Å²) >= 11 is 0. The summed E-state index contributed by atoms with van der Waals surface area (Å²) in [5, 5.41) is 0. The van der Waals surface area contributed by atoms with Crippen LogP contribution >= 0.6 is 0 Å². The highest BCUT2D eigenvalue weighted by atomic mass is 19.4. The lowest BCUT2D eigenvalue weighted by atomic mass is 9.92. The maximum absolute atomic E-state index is 13.6. The summed E-state index contributed by atoms with van der Waals surface area (Å²) in [5.74, 6) is 0. The second kappa shape index (κ2) is 8.60. The molecule has 0 saturated carbocycles.